The molecule has 1 amide bonds. The van der Waals surface area contributed by atoms with Gasteiger partial charge in [0.05, 0.1) is 5.54 Å². The summed E-state index contributed by atoms with van der Waals surface area (Å²) in [5, 5.41) is 7.66. The van der Waals surface area contributed by atoms with Crippen LogP contribution in [0.3, 0.4) is 0 Å². The fourth-order valence-electron chi connectivity index (χ4n) is 4.99. The molecule has 2 aliphatic rings. The van der Waals surface area contributed by atoms with Crippen LogP contribution in [0.25, 0.3) is 0 Å². The van der Waals surface area contributed by atoms with Crippen LogP contribution in [0, 0.1) is 0 Å². The summed E-state index contributed by atoms with van der Waals surface area (Å²) in [6, 6.07) is 6.58. The average molecular weight is 515 g/mol. The maximum absolute atomic E-state index is 13.5. The predicted octanol–water partition coefficient (Wildman–Crippen LogP) is 4.37. The number of aromatic nitrogens is 2. The lowest BCUT2D eigenvalue weighted by atomic mass is 9.78. The molecule has 35 heavy (non-hydrogen) atoms. The number of anilines is 2. The van der Waals surface area contributed by atoms with Crippen molar-refractivity contribution < 1.29 is 22.4 Å². The summed E-state index contributed by atoms with van der Waals surface area (Å²) in [5.74, 6) is -5.47. The van der Waals surface area contributed by atoms with Gasteiger partial charge in [0.2, 0.25) is 0 Å². The van der Waals surface area contributed by atoms with Gasteiger partial charge in [-0.25, -0.2) is 8.78 Å². The van der Waals surface area contributed by atoms with Crippen LogP contribution in [-0.4, -0.2) is 57.9 Å². The van der Waals surface area contributed by atoms with E-state index in [0.717, 1.165) is 12.8 Å². The number of thioether (sulfide) groups is 1. The first-order chi connectivity index (χ1) is 16.6. The van der Waals surface area contributed by atoms with E-state index in [1.807, 2.05) is 0 Å². The number of hydrogen-bond donors (Lipinski definition) is 3. The molecule has 4 rings (SSSR count). The van der Waals surface area contributed by atoms with Crippen molar-refractivity contribution in [2.45, 2.75) is 66.7 Å². The molecule has 0 bridgehead atoms. The van der Waals surface area contributed by atoms with Gasteiger partial charge in [-0.15, -0.1) is 0 Å². The topological polar surface area (TPSA) is 102 Å². The van der Waals surface area contributed by atoms with Gasteiger partial charge in [-0.2, -0.15) is 13.9 Å². The van der Waals surface area contributed by atoms with Crippen LogP contribution in [-0.2, 0) is 5.54 Å². The third-order valence-electron chi connectivity index (χ3n) is 7.12. The van der Waals surface area contributed by atoms with Gasteiger partial charge in [-0.1, -0.05) is 11.8 Å². The number of rotatable bonds is 8. The minimum atomic E-state index is -2.57. The summed E-state index contributed by atoms with van der Waals surface area (Å²) in [7, 11) is 0. The molecule has 5 N–H and O–H groups in total. The van der Waals surface area contributed by atoms with Crippen LogP contribution < -0.4 is 16.8 Å². The fourth-order valence-corrected chi connectivity index (χ4v) is 5.49. The zero-order valence-corrected chi connectivity index (χ0v) is 20.0. The van der Waals surface area contributed by atoms with Crippen molar-refractivity contribution in [1.29, 1.82) is 0 Å². The Hall–Kier alpha value is -2.31. The number of nitrogens with zero attached hydrogens (tertiary/aromatic N) is 3. The number of halogens is 4. The molecule has 12 heteroatoms. The van der Waals surface area contributed by atoms with Crippen molar-refractivity contribution in [1.82, 2.24) is 14.7 Å². The minimum Gasteiger partial charge on any atom is -0.365 e. The smallest absolute Gasteiger partial charge is 0.288 e. The maximum Gasteiger partial charge on any atom is 0.288 e. The van der Waals surface area contributed by atoms with Crippen LogP contribution in [0.5, 0.6) is 0 Å². The summed E-state index contributed by atoms with van der Waals surface area (Å²) in [6.07, 6.45) is 4.36. The number of alkyl halides is 4. The number of likely N-dealkylation sites (tertiary alicyclic amines) is 1. The third-order valence-corrected chi connectivity index (χ3v) is 7.84. The molecule has 1 aliphatic heterocycles. The van der Waals surface area contributed by atoms with Crippen molar-refractivity contribution in [3.63, 3.8) is 0 Å². The van der Waals surface area contributed by atoms with Gasteiger partial charge < -0.3 is 16.8 Å². The van der Waals surface area contributed by atoms with Crippen molar-refractivity contribution in [2.75, 3.05) is 25.0 Å². The minimum absolute atomic E-state index is 0.108. The molecule has 0 radical (unpaired) electrons. The van der Waals surface area contributed by atoms with Crippen molar-refractivity contribution in [2.24, 2.45) is 11.5 Å². The number of amides is 1. The average Bonchev–Trinajstić information content (AvgIpc) is 3.25. The van der Waals surface area contributed by atoms with E-state index in [1.165, 1.54) is 0 Å². The molecule has 1 saturated heterocycles. The van der Waals surface area contributed by atoms with Gasteiger partial charge in [0, 0.05) is 55.3 Å². The van der Waals surface area contributed by atoms with Crippen LogP contribution in [0.2, 0.25) is 0 Å². The molecular weight excluding hydrogens is 484 g/mol. The zero-order chi connectivity index (χ0) is 25.2. The van der Waals surface area contributed by atoms with E-state index in [1.54, 1.807) is 35.1 Å². The normalized spacial score (nSPS) is 25.0. The Bertz CT molecular complexity index is 1010. The number of piperidine rings is 1. The largest absolute Gasteiger partial charge is 0.365 e. The predicted molar refractivity (Wildman–Crippen MR) is 127 cm³/mol. The van der Waals surface area contributed by atoms with Gasteiger partial charge in [0.25, 0.3) is 17.6 Å². The third kappa shape index (κ3) is 5.92. The van der Waals surface area contributed by atoms with Gasteiger partial charge in [-0.05, 0) is 49.9 Å². The van der Waals surface area contributed by atoms with Crippen LogP contribution in [0.15, 0.2) is 35.4 Å². The molecule has 0 atom stereocenters. The fraction of sp³-hybridized carbons (Fsp3) is 0.565. The summed E-state index contributed by atoms with van der Waals surface area (Å²) in [6.45, 7) is 1.09. The lowest BCUT2D eigenvalue weighted by Crippen LogP contribution is -2.51. The highest BCUT2D eigenvalue weighted by atomic mass is 32.2. The number of nitrogens with two attached hydrogens (primary N) is 2. The Labute approximate surface area is 205 Å². The molecule has 2 fully saturated rings. The molecule has 0 unspecified atom stereocenters. The second-order valence-corrected chi connectivity index (χ2v) is 10.3. The Morgan fingerprint density at radius 1 is 1.14 bits per heavy atom. The van der Waals surface area contributed by atoms with Gasteiger partial charge >= 0.3 is 0 Å². The molecule has 192 valence electrons. The van der Waals surface area contributed by atoms with E-state index in [9.17, 15) is 22.4 Å². The number of hydrogen-bond acceptors (Lipinski definition) is 6. The summed E-state index contributed by atoms with van der Waals surface area (Å²) in [5.41, 5.74) is 12.1. The first-order valence-electron chi connectivity index (χ1n) is 11.6. The first-order valence-corrected chi connectivity index (χ1v) is 12.5. The molecule has 2 aromatic rings. The highest BCUT2D eigenvalue weighted by Crippen LogP contribution is 2.39. The number of nitrogens with one attached hydrogen (secondary N) is 1. The Balaban J connectivity index is 1.48. The lowest BCUT2D eigenvalue weighted by Gasteiger charge is -2.45. The maximum atomic E-state index is 13.5. The van der Waals surface area contributed by atoms with E-state index in [-0.39, 0.29) is 30.3 Å². The van der Waals surface area contributed by atoms with E-state index in [4.69, 9.17) is 11.5 Å². The monoisotopic (exact) mass is 514 g/mol. The second kappa shape index (κ2) is 10.4. The number of benzene rings is 1. The zero-order valence-electron chi connectivity index (χ0n) is 19.2. The summed E-state index contributed by atoms with van der Waals surface area (Å²) in [4.78, 5) is 14.7. The quantitative estimate of drug-likeness (QED) is 0.357. The standard InChI is InChI=1S/C23H30F4N6OS/c24-21(25)35-17-3-1-15(2-4-17)30-20-18(19(29)34)13-33(31-20)22(14-28)7-5-16(6-8-22)32-11-9-23(26,27)10-12-32/h1-4,13,16,21H,5-12,14,28H2,(H2,29,34)(H,30,31). The second-order valence-electron chi connectivity index (χ2n) is 9.28. The number of carbonyl (C=O) groups is 1. The first kappa shape index (κ1) is 25.8. The van der Waals surface area contributed by atoms with Gasteiger partial charge in [0.1, 0.15) is 5.56 Å². The highest BCUT2D eigenvalue weighted by Gasteiger charge is 2.42. The number of primary amides is 1. The summed E-state index contributed by atoms with van der Waals surface area (Å²) < 4.78 is 53.9. The van der Waals surface area contributed by atoms with Crippen molar-refractivity contribution in [3.8, 4) is 0 Å². The van der Waals surface area contributed by atoms with Gasteiger partial charge in [-0.3, -0.25) is 14.4 Å². The SMILES string of the molecule is NCC1(n2cc(C(N)=O)c(Nc3ccc(SC(F)F)cc3)n2)CCC(N2CCC(F)(F)CC2)CC1. The van der Waals surface area contributed by atoms with E-state index in [2.05, 4.69) is 15.3 Å². The van der Waals surface area contributed by atoms with Crippen molar-refractivity contribution >= 4 is 29.2 Å². The van der Waals surface area contributed by atoms with E-state index < -0.39 is 23.1 Å². The number of carbonyl (C=O) groups excluding carboxylic acids is 1. The van der Waals surface area contributed by atoms with Gasteiger partial charge in [0.15, 0.2) is 5.82 Å². The van der Waals surface area contributed by atoms with Crippen LogP contribution >= 0.6 is 11.8 Å². The molecule has 1 aliphatic carbocycles. The van der Waals surface area contributed by atoms with E-state index in [0.29, 0.717) is 54.8 Å². The summed E-state index contributed by atoms with van der Waals surface area (Å²) >= 11 is 0.448. The van der Waals surface area contributed by atoms with Crippen molar-refractivity contribution in [3.05, 3.63) is 36.0 Å². The Kier molecular flexibility index (Phi) is 7.62. The lowest BCUT2D eigenvalue weighted by molar-refractivity contribution is -0.0685. The van der Waals surface area contributed by atoms with Crippen LogP contribution in [0.4, 0.5) is 29.1 Å². The molecular formula is C23H30F4N6OS. The molecule has 2 heterocycles. The molecule has 1 saturated carbocycles. The molecule has 1 aromatic heterocycles. The molecule has 0 spiro atoms. The Morgan fingerprint density at radius 2 is 1.77 bits per heavy atom. The highest BCUT2D eigenvalue weighted by molar-refractivity contribution is 7.99. The Morgan fingerprint density at radius 3 is 2.31 bits per heavy atom. The van der Waals surface area contributed by atoms with Crippen LogP contribution in [0.1, 0.15) is 48.9 Å². The van der Waals surface area contributed by atoms with E-state index >= 15 is 0 Å². The molecule has 7 nitrogen and oxygen atoms in total. The molecule has 1 aromatic carbocycles.